The first-order valence-corrected chi connectivity index (χ1v) is 10.3. The van der Waals surface area contributed by atoms with Crippen molar-refractivity contribution in [3.63, 3.8) is 0 Å². The van der Waals surface area contributed by atoms with Crippen LogP contribution >= 0.6 is 0 Å². The lowest BCUT2D eigenvalue weighted by molar-refractivity contribution is 0.0290. The standard InChI is InChI=1S/C23H28N4O3/c1-23(2,3)30-22(29)26-11-9-19(15-26)25-21(28)16-8-10-24-20(12-16)27-13-17-6-4-5-7-18(17)14-27/h4-8,10,12,19H,9,11,13-15H2,1-3H3,(H,25,28). The average molecular weight is 409 g/mol. The zero-order valence-electron chi connectivity index (χ0n) is 17.7. The van der Waals surface area contributed by atoms with E-state index in [1.807, 2.05) is 39.0 Å². The molecule has 1 saturated heterocycles. The molecule has 2 amide bonds. The number of anilines is 1. The smallest absolute Gasteiger partial charge is 0.410 e. The predicted octanol–water partition coefficient (Wildman–Crippen LogP) is 3.34. The first-order valence-electron chi connectivity index (χ1n) is 10.3. The normalized spacial score (nSPS) is 18.3. The van der Waals surface area contributed by atoms with E-state index in [9.17, 15) is 9.59 Å². The highest BCUT2D eigenvalue weighted by atomic mass is 16.6. The Hall–Kier alpha value is -3.09. The van der Waals surface area contributed by atoms with Crippen LogP contribution in [0.15, 0.2) is 42.6 Å². The maximum Gasteiger partial charge on any atom is 0.410 e. The zero-order chi connectivity index (χ0) is 21.3. The highest BCUT2D eigenvalue weighted by Gasteiger charge is 2.31. The molecule has 7 nitrogen and oxygen atoms in total. The van der Waals surface area contributed by atoms with Gasteiger partial charge in [-0.3, -0.25) is 4.79 Å². The maximum atomic E-state index is 12.8. The lowest BCUT2D eigenvalue weighted by Crippen LogP contribution is -2.40. The van der Waals surface area contributed by atoms with Gasteiger partial charge in [-0.15, -0.1) is 0 Å². The molecule has 7 heteroatoms. The number of nitrogens with zero attached hydrogens (tertiary/aromatic N) is 3. The van der Waals surface area contributed by atoms with Crippen LogP contribution in [0.1, 0.15) is 48.7 Å². The number of aromatic nitrogens is 1. The summed E-state index contributed by atoms with van der Waals surface area (Å²) in [4.78, 5) is 33.3. The third-order valence-electron chi connectivity index (χ3n) is 5.35. The molecule has 1 unspecified atom stereocenters. The van der Waals surface area contributed by atoms with E-state index in [1.54, 1.807) is 17.2 Å². The zero-order valence-corrected chi connectivity index (χ0v) is 17.7. The van der Waals surface area contributed by atoms with Gasteiger partial charge in [0.05, 0.1) is 0 Å². The predicted molar refractivity (Wildman–Crippen MR) is 114 cm³/mol. The molecule has 2 aliphatic rings. The lowest BCUT2D eigenvalue weighted by Gasteiger charge is -2.24. The number of ether oxygens (including phenoxy) is 1. The van der Waals surface area contributed by atoms with Crippen LogP contribution in [0.25, 0.3) is 0 Å². The van der Waals surface area contributed by atoms with Gasteiger partial charge in [-0.25, -0.2) is 9.78 Å². The van der Waals surface area contributed by atoms with Gasteiger partial charge < -0.3 is 19.9 Å². The van der Waals surface area contributed by atoms with Crippen LogP contribution in [0.5, 0.6) is 0 Å². The van der Waals surface area contributed by atoms with Crippen molar-refractivity contribution in [3.8, 4) is 0 Å². The van der Waals surface area contributed by atoms with E-state index < -0.39 is 5.60 Å². The summed E-state index contributed by atoms with van der Waals surface area (Å²) in [5, 5.41) is 3.04. The number of likely N-dealkylation sites (tertiary alicyclic amines) is 1. The Bertz CT molecular complexity index is 928. The second kappa shape index (κ2) is 7.97. The molecule has 158 valence electrons. The fraction of sp³-hybridized carbons (Fsp3) is 0.435. The molecule has 0 spiro atoms. The molecule has 1 aromatic heterocycles. The summed E-state index contributed by atoms with van der Waals surface area (Å²) in [6.45, 7) is 8.16. The fourth-order valence-electron chi connectivity index (χ4n) is 3.87. The molecule has 2 aromatic rings. The second-order valence-electron chi connectivity index (χ2n) is 8.91. The minimum Gasteiger partial charge on any atom is -0.444 e. The Morgan fingerprint density at radius 2 is 1.83 bits per heavy atom. The summed E-state index contributed by atoms with van der Waals surface area (Å²) < 4.78 is 5.42. The Morgan fingerprint density at radius 3 is 2.50 bits per heavy atom. The molecule has 0 aliphatic carbocycles. The number of fused-ring (bicyclic) bond motifs is 1. The van der Waals surface area contributed by atoms with Crippen molar-refractivity contribution in [1.82, 2.24) is 15.2 Å². The van der Waals surface area contributed by atoms with E-state index in [0.717, 1.165) is 18.9 Å². The molecule has 1 fully saturated rings. The third-order valence-corrected chi connectivity index (χ3v) is 5.35. The SMILES string of the molecule is CC(C)(C)OC(=O)N1CCC(NC(=O)c2ccnc(N3Cc4ccccc4C3)c2)C1. The van der Waals surface area contributed by atoms with E-state index in [2.05, 4.69) is 27.3 Å². The maximum absolute atomic E-state index is 12.8. The summed E-state index contributed by atoms with van der Waals surface area (Å²) in [5.74, 6) is 0.645. The van der Waals surface area contributed by atoms with Gasteiger partial charge in [0.15, 0.2) is 0 Å². The first kappa shape index (κ1) is 20.2. The highest BCUT2D eigenvalue weighted by Crippen LogP contribution is 2.27. The topological polar surface area (TPSA) is 74.8 Å². The second-order valence-corrected chi connectivity index (χ2v) is 8.91. The van der Waals surface area contributed by atoms with Crippen molar-refractivity contribution in [1.29, 1.82) is 0 Å². The third kappa shape index (κ3) is 4.56. The minimum absolute atomic E-state index is 0.0855. The Labute approximate surface area is 177 Å². The molecule has 0 saturated carbocycles. The quantitative estimate of drug-likeness (QED) is 0.843. The van der Waals surface area contributed by atoms with Crippen molar-refractivity contribution in [2.75, 3.05) is 18.0 Å². The molecule has 3 heterocycles. The average Bonchev–Trinajstić information content (AvgIpc) is 3.33. The number of carbonyl (C=O) groups excluding carboxylic acids is 2. The molecule has 1 aromatic carbocycles. The molecule has 30 heavy (non-hydrogen) atoms. The minimum atomic E-state index is -0.527. The number of benzene rings is 1. The van der Waals surface area contributed by atoms with Crippen molar-refractivity contribution < 1.29 is 14.3 Å². The van der Waals surface area contributed by atoms with Gasteiger partial charge >= 0.3 is 6.09 Å². The molecule has 1 N–H and O–H groups in total. The molecular weight excluding hydrogens is 380 g/mol. The number of pyridine rings is 1. The van der Waals surface area contributed by atoms with E-state index in [0.29, 0.717) is 25.1 Å². The summed E-state index contributed by atoms with van der Waals surface area (Å²) in [7, 11) is 0. The Balaban J connectivity index is 1.36. The summed E-state index contributed by atoms with van der Waals surface area (Å²) in [6, 6.07) is 11.8. The molecule has 2 aliphatic heterocycles. The van der Waals surface area contributed by atoms with E-state index >= 15 is 0 Å². The van der Waals surface area contributed by atoms with E-state index in [1.165, 1.54) is 11.1 Å². The first-order chi connectivity index (χ1) is 14.3. The van der Waals surface area contributed by atoms with E-state index in [4.69, 9.17) is 4.74 Å². The monoisotopic (exact) mass is 408 g/mol. The van der Waals surface area contributed by atoms with Crippen molar-refractivity contribution >= 4 is 17.8 Å². The molecular formula is C23H28N4O3. The summed E-state index contributed by atoms with van der Waals surface area (Å²) in [6.07, 6.45) is 2.05. The van der Waals surface area contributed by atoms with Gasteiger partial charge in [-0.05, 0) is 50.5 Å². The molecule has 1 atom stereocenters. The Morgan fingerprint density at radius 1 is 1.13 bits per heavy atom. The fourth-order valence-corrected chi connectivity index (χ4v) is 3.87. The molecule has 4 rings (SSSR count). The van der Waals surface area contributed by atoms with Gasteiger partial charge in [0.25, 0.3) is 5.91 Å². The molecule has 0 radical (unpaired) electrons. The number of nitrogens with one attached hydrogen (secondary N) is 1. The van der Waals surface area contributed by atoms with Crippen LogP contribution in [-0.4, -0.2) is 46.6 Å². The van der Waals surface area contributed by atoms with Crippen molar-refractivity contribution in [2.45, 2.75) is 51.9 Å². The van der Waals surface area contributed by atoms with Gasteiger partial charge in [0.1, 0.15) is 11.4 Å². The number of amides is 2. The number of hydrogen-bond donors (Lipinski definition) is 1. The van der Waals surface area contributed by atoms with Gasteiger partial charge in [-0.2, -0.15) is 0 Å². The van der Waals surface area contributed by atoms with E-state index in [-0.39, 0.29) is 18.0 Å². The van der Waals surface area contributed by atoms with Crippen LogP contribution in [-0.2, 0) is 17.8 Å². The Kier molecular flexibility index (Phi) is 5.37. The van der Waals surface area contributed by atoms with Gasteiger partial charge in [-0.1, -0.05) is 24.3 Å². The summed E-state index contributed by atoms with van der Waals surface area (Å²) >= 11 is 0. The molecule has 0 bridgehead atoms. The number of rotatable bonds is 3. The van der Waals surface area contributed by atoms with Crippen LogP contribution in [0.3, 0.4) is 0 Å². The van der Waals surface area contributed by atoms with Crippen molar-refractivity contribution in [2.24, 2.45) is 0 Å². The van der Waals surface area contributed by atoms with Crippen molar-refractivity contribution in [3.05, 3.63) is 59.3 Å². The van der Waals surface area contributed by atoms with Crippen LogP contribution < -0.4 is 10.2 Å². The number of hydrogen-bond acceptors (Lipinski definition) is 5. The van der Waals surface area contributed by atoms with Gasteiger partial charge in [0, 0.05) is 44.0 Å². The van der Waals surface area contributed by atoms with Crippen LogP contribution in [0, 0.1) is 0 Å². The largest absolute Gasteiger partial charge is 0.444 e. The van der Waals surface area contributed by atoms with Crippen LogP contribution in [0.4, 0.5) is 10.6 Å². The summed E-state index contributed by atoms with van der Waals surface area (Å²) in [5.41, 5.74) is 2.64. The number of carbonyl (C=O) groups is 2. The van der Waals surface area contributed by atoms with Gasteiger partial charge in [0.2, 0.25) is 0 Å². The van der Waals surface area contributed by atoms with Crippen LogP contribution in [0.2, 0.25) is 0 Å². The highest BCUT2D eigenvalue weighted by molar-refractivity contribution is 5.95. The lowest BCUT2D eigenvalue weighted by atomic mass is 10.1.